The number of aromatic nitrogens is 3. The fraction of sp³-hybridized carbons (Fsp3) is 0.211. The molecule has 128 valence electrons. The molecule has 1 N–H and O–H groups in total. The molecule has 0 amide bonds. The first-order valence-electron chi connectivity index (χ1n) is 7.93. The van der Waals surface area contributed by atoms with Crippen LogP contribution < -0.4 is 0 Å². The number of hydrogen-bond donors (Lipinski definition) is 1. The van der Waals surface area contributed by atoms with E-state index in [1.165, 1.54) is 22.4 Å². The maximum atomic E-state index is 13.1. The van der Waals surface area contributed by atoms with Gasteiger partial charge in [-0.05, 0) is 53.0 Å². The summed E-state index contributed by atoms with van der Waals surface area (Å²) in [6.45, 7) is 6.53. The van der Waals surface area contributed by atoms with E-state index in [4.69, 9.17) is 12.2 Å². The van der Waals surface area contributed by atoms with Crippen LogP contribution in [0.2, 0.25) is 0 Å². The molecule has 0 aliphatic heterocycles. The van der Waals surface area contributed by atoms with Crippen LogP contribution >= 0.6 is 12.2 Å². The second-order valence-electron chi connectivity index (χ2n) is 6.79. The average molecular weight is 354 g/mol. The van der Waals surface area contributed by atoms with Gasteiger partial charge in [-0.25, -0.2) is 9.49 Å². The first-order chi connectivity index (χ1) is 11.8. The highest BCUT2D eigenvalue weighted by Crippen LogP contribution is 2.22. The van der Waals surface area contributed by atoms with Gasteiger partial charge in [-0.3, -0.25) is 0 Å². The molecule has 0 saturated carbocycles. The number of halogens is 1. The minimum Gasteiger partial charge on any atom is -0.250 e. The minimum atomic E-state index is -0.299. The molecule has 0 saturated heterocycles. The molecule has 0 aliphatic rings. The van der Waals surface area contributed by atoms with Crippen molar-refractivity contribution in [1.29, 1.82) is 0 Å². The number of benzene rings is 2. The molecular formula is C19H19FN4S. The molecule has 0 bridgehead atoms. The van der Waals surface area contributed by atoms with Crippen LogP contribution in [0, 0.1) is 10.6 Å². The maximum absolute atomic E-state index is 13.1. The maximum Gasteiger partial charge on any atom is 0.216 e. The monoisotopic (exact) mass is 354 g/mol. The first kappa shape index (κ1) is 17.2. The highest BCUT2D eigenvalue weighted by Gasteiger charge is 2.12. The van der Waals surface area contributed by atoms with Crippen molar-refractivity contribution < 1.29 is 4.39 Å². The molecule has 0 radical (unpaired) electrons. The topological polar surface area (TPSA) is 46.0 Å². The third-order valence-electron chi connectivity index (χ3n) is 3.85. The van der Waals surface area contributed by atoms with E-state index in [0.717, 1.165) is 11.1 Å². The highest BCUT2D eigenvalue weighted by atomic mass is 32.1. The summed E-state index contributed by atoms with van der Waals surface area (Å²) in [5.41, 5.74) is 3.06. The predicted octanol–water partition coefficient (Wildman–Crippen LogP) is 4.93. The van der Waals surface area contributed by atoms with Gasteiger partial charge in [0.1, 0.15) is 5.82 Å². The van der Waals surface area contributed by atoms with Gasteiger partial charge in [0.2, 0.25) is 4.77 Å². The molecule has 1 aromatic heterocycles. The van der Waals surface area contributed by atoms with Crippen molar-refractivity contribution >= 4 is 18.4 Å². The molecular weight excluding hydrogens is 335 g/mol. The van der Waals surface area contributed by atoms with Crippen molar-refractivity contribution in [3.8, 4) is 11.4 Å². The van der Waals surface area contributed by atoms with Gasteiger partial charge in [0, 0.05) is 5.56 Å². The minimum absolute atomic E-state index is 0.110. The summed E-state index contributed by atoms with van der Waals surface area (Å²) >= 11 is 5.24. The zero-order chi connectivity index (χ0) is 18.0. The van der Waals surface area contributed by atoms with Crippen molar-refractivity contribution in [1.82, 2.24) is 14.9 Å². The average Bonchev–Trinajstić information content (AvgIpc) is 2.94. The zero-order valence-electron chi connectivity index (χ0n) is 14.3. The number of hydrogen-bond acceptors (Lipinski definition) is 3. The highest BCUT2D eigenvalue weighted by molar-refractivity contribution is 7.71. The SMILES string of the molecule is CC(C)(C)c1ccc(C=Nn2c(-c3ccc(F)cc3)n[nH]c2=S)cc1. The van der Waals surface area contributed by atoms with Gasteiger partial charge in [-0.1, -0.05) is 45.0 Å². The fourth-order valence-electron chi connectivity index (χ4n) is 2.38. The Hall–Kier alpha value is -2.60. The van der Waals surface area contributed by atoms with Crippen LogP contribution in [0.1, 0.15) is 31.9 Å². The Morgan fingerprint density at radius 1 is 1.08 bits per heavy atom. The lowest BCUT2D eigenvalue weighted by Gasteiger charge is -2.18. The normalized spacial score (nSPS) is 12.0. The van der Waals surface area contributed by atoms with E-state index < -0.39 is 0 Å². The van der Waals surface area contributed by atoms with E-state index in [1.54, 1.807) is 18.3 Å². The van der Waals surface area contributed by atoms with E-state index in [-0.39, 0.29) is 11.2 Å². The molecule has 3 aromatic rings. The first-order valence-corrected chi connectivity index (χ1v) is 8.34. The van der Waals surface area contributed by atoms with E-state index in [9.17, 15) is 4.39 Å². The van der Waals surface area contributed by atoms with Crippen LogP contribution in [0.15, 0.2) is 53.6 Å². The van der Waals surface area contributed by atoms with Gasteiger partial charge >= 0.3 is 0 Å². The van der Waals surface area contributed by atoms with Gasteiger partial charge in [-0.15, -0.1) is 0 Å². The van der Waals surface area contributed by atoms with E-state index >= 15 is 0 Å². The van der Waals surface area contributed by atoms with Crippen molar-refractivity contribution in [2.75, 3.05) is 0 Å². The smallest absolute Gasteiger partial charge is 0.216 e. The van der Waals surface area contributed by atoms with Crippen molar-refractivity contribution in [3.05, 3.63) is 70.2 Å². The predicted molar refractivity (Wildman–Crippen MR) is 101 cm³/mol. The number of nitrogens with zero attached hydrogens (tertiary/aromatic N) is 3. The van der Waals surface area contributed by atoms with E-state index in [1.807, 2.05) is 12.1 Å². The molecule has 0 fully saturated rings. The second kappa shape index (κ2) is 6.72. The van der Waals surface area contributed by atoms with Crippen molar-refractivity contribution in [2.45, 2.75) is 26.2 Å². The molecule has 1 heterocycles. The molecule has 0 spiro atoms. The molecule has 6 heteroatoms. The number of rotatable bonds is 3. The summed E-state index contributed by atoms with van der Waals surface area (Å²) in [5.74, 6) is 0.236. The Kier molecular flexibility index (Phi) is 4.63. The molecule has 0 atom stereocenters. The van der Waals surface area contributed by atoms with Gasteiger partial charge in [-0.2, -0.15) is 14.9 Å². The molecule has 0 aliphatic carbocycles. The van der Waals surface area contributed by atoms with Crippen LogP contribution in [0.25, 0.3) is 11.4 Å². The van der Waals surface area contributed by atoms with Crippen LogP contribution in [-0.4, -0.2) is 21.1 Å². The molecule has 4 nitrogen and oxygen atoms in total. The molecule has 25 heavy (non-hydrogen) atoms. The number of nitrogens with one attached hydrogen (secondary N) is 1. The Balaban J connectivity index is 1.90. The summed E-state index contributed by atoms with van der Waals surface area (Å²) in [7, 11) is 0. The standard InChI is InChI=1S/C19H19FN4S/c1-19(2,3)15-8-4-13(5-9-15)12-21-24-17(22-23-18(24)25)14-6-10-16(20)11-7-14/h4-12H,1-3H3,(H,23,25). The summed E-state index contributed by atoms with van der Waals surface area (Å²) in [6, 6.07) is 14.3. The van der Waals surface area contributed by atoms with Gasteiger partial charge in [0.05, 0.1) is 6.21 Å². The van der Waals surface area contributed by atoms with Gasteiger partial charge < -0.3 is 0 Å². The quantitative estimate of drug-likeness (QED) is 0.536. The van der Waals surface area contributed by atoms with Gasteiger partial charge in [0.25, 0.3) is 0 Å². The zero-order valence-corrected chi connectivity index (χ0v) is 15.1. The Morgan fingerprint density at radius 3 is 2.32 bits per heavy atom. The molecule has 3 rings (SSSR count). The van der Waals surface area contributed by atoms with E-state index in [0.29, 0.717) is 10.6 Å². The lowest BCUT2D eigenvalue weighted by atomic mass is 9.87. The lowest BCUT2D eigenvalue weighted by Crippen LogP contribution is -2.10. The van der Waals surface area contributed by atoms with Gasteiger partial charge in [0.15, 0.2) is 5.82 Å². The molecule has 0 unspecified atom stereocenters. The van der Waals surface area contributed by atoms with Crippen LogP contribution in [0.4, 0.5) is 4.39 Å². The lowest BCUT2D eigenvalue weighted by molar-refractivity contribution is 0.590. The molecule has 2 aromatic carbocycles. The number of aromatic amines is 1. The van der Waals surface area contributed by atoms with Crippen LogP contribution in [0.3, 0.4) is 0 Å². The summed E-state index contributed by atoms with van der Waals surface area (Å²) in [4.78, 5) is 0. The Bertz CT molecular complexity index is 945. The van der Waals surface area contributed by atoms with Crippen LogP contribution in [0.5, 0.6) is 0 Å². The number of H-pyrrole nitrogens is 1. The fourth-order valence-corrected chi connectivity index (χ4v) is 2.56. The third kappa shape index (κ3) is 3.91. The Morgan fingerprint density at radius 2 is 1.72 bits per heavy atom. The largest absolute Gasteiger partial charge is 0.250 e. The van der Waals surface area contributed by atoms with Crippen molar-refractivity contribution in [3.63, 3.8) is 0 Å². The summed E-state index contributed by atoms with van der Waals surface area (Å²) in [5, 5.41) is 11.3. The summed E-state index contributed by atoms with van der Waals surface area (Å²) in [6.07, 6.45) is 1.73. The van der Waals surface area contributed by atoms with E-state index in [2.05, 4.69) is 48.2 Å². The van der Waals surface area contributed by atoms with Crippen molar-refractivity contribution in [2.24, 2.45) is 5.10 Å². The second-order valence-corrected chi connectivity index (χ2v) is 7.17. The Labute approximate surface area is 151 Å². The summed E-state index contributed by atoms with van der Waals surface area (Å²) < 4.78 is 15.0. The van der Waals surface area contributed by atoms with Crippen LogP contribution in [-0.2, 0) is 5.41 Å². The third-order valence-corrected chi connectivity index (χ3v) is 4.12.